The van der Waals surface area contributed by atoms with Crippen molar-refractivity contribution < 1.29 is 24.0 Å². The fraction of sp³-hybridized carbons (Fsp3) is 0.333. The molecule has 1 saturated heterocycles. The smallest absolute Gasteiger partial charge is 0.272 e. The first-order valence-electron chi connectivity index (χ1n) is 9.44. The van der Waals surface area contributed by atoms with E-state index in [0.29, 0.717) is 47.7 Å². The summed E-state index contributed by atoms with van der Waals surface area (Å²) in [5, 5.41) is 13.8. The highest BCUT2D eigenvalue weighted by molar-refractivity contribution is 6.01. The Morgan fingerprint density at radius 1 is 1.13 bits per heavy atom. The van der Waals surface area contributed by atoms with E-state index in [4.69, 9.17) is 9.47 Å². The first-order chi connectivity index (χ1) is 14.3. The van der Waals surface area contributed by atoms with Gasteiger partial charge in [-0.3, -0.25) is 19.7 Å². The number of rotatable bonds is 6. The van der Waals surface area contributed by atoms with E-state index in [1.54, 1.807) is 25.1 Å². The SMILES string of the molecule is COc1ccc(NC(=O)C2CCCN2C(=O)c2ccc([N+](=O)[O-])c(C)c2)cc1OC. The van der Waals surface area contributed by atoms with E-state index in [1.807, 2.05) is 0 Å². The van der Waals surface area contributed by atoms with Gasteiger partial charge in [0.1, 0.15) is 6.04 Å². The van der Waals surface area contributed by atoms with Gasteiger partial charge in [0.15, 0.2) is 11.5 Å². The Labute approximate surface area is 173 Å². The molecule has 0 radical (unpaired) electrons. The number of nitrogens with one attached hydrogen (secondary N) is 1. The van der Waals surface area contributed by atoms with E-state index >= 15 is 0 Å². The normalized spacial score (nSPS) is 15.6. The number of ether oxygens (including phenoxy) is 2. The lowest BCUT2D eigenvalue weighted by molar-refractivity contribution is -0.385. The molecule has 0 bridgehead atoms. The van der Waals surface area contributed by atoms with Crippen LogP contribution in [0.25, 0.3) is 0 Å². The van der Waals surface area contributed by atoms with Gasteiger partial charge in [-0.25, -0.2) is 0 Å². The molecule has 1 atom stereocenters. The maximum atomic E-state index is 13.0. The Morgan fingerprint density at radius 3 is 2.50 bits per heavy atom. The highest BCUT2D eigenvalue weighted by Crippen LogP contribution is 2.30. The van der Waals surface area contributed by atoms with Crippen molar-refractivity contribution in [3.8, 4) is 11.5 Å². The van der Waals surface area contributed by atoms with Crippen molar-refractivity contribution in [2.75, 3.05) is 26.1 Å². The number of nitro benzene ring substituents is 1. The van der Waals surface area contributed by atoms with Gasteiger partial charge >= 0.3 is 0 Å². The summed E-state index contributed by atoms with van der Waals surface area (Å²) in [5.74, 6) is 0.405. The zero-order valence-electron chi connectivity index (χ0n) is 17.0. The molecule has 9 nitrogen and oxygen atoms in total. The number of nitrogens with zero attached hydrogens (tertiary/aromatic N) is 2. The van der Waals surface area contributed by atoms with Crippen molar-refractivity contribution in [3.63, 3.8) is 0 Å². The lowest BCUT2D eigenvalue weighted by atomic mass is 10.1. The summed E-state index contributed by atoms with van der Waals surface area (Å²) in [6.45, 7) is 2.03. The second kappa shape index (κ2) is 8.81. The van der Waals surface area contributed by atoms with E-state index in [9.17, 15) is 19.7 Å². The lowest BCUT2D eigenvalue weighted by Crippen LogP contribution is -2.43. The highest BCUT2D eigenvalue weighted by atomic mass is 16.6. The molecule has 1 N–H and O–H groups in total. The molecule has 1 aliphatic rings. The summed E-state index contributed by atoms with van der Waals surface area (Å²) in [6.07, 6.45) is 1.23. The molecule has 1 fully saturated rings. The number of benzene rings is 2. The molecule has 158 valence electrons. The van der Waals surface area contributed by atoms with Crippen LogP contribution in [0.4, 0.5) is 11.4 Å². The molecule has 30 heavy (non-hydrogen) atoms. The third-order valence-electron chi connectivity index (χ3n) is 5.11. The van der Waals surface area contributed by atoms with E-state index in [2.05, 4.69) is 5.32 Å². The maximum absolute atomic E-state index is 13.0. The predicted molar refractivity (Wildman–Crippen MR) is 110 cm³/mol. The minimum absolute atomic E-state index is 0.0456. The molecule has 1 unspecified atom stereocenters. The van der Waals surface area contributed by atoms with E-state index in [-0.39, 0.29) is 17.5 Å². The van der Waals surface area contributed by atoms with Gasteiger partial charge in [0.05, 0.1) is 19.1 Å². The van der Waals surface area contributed by atoms with Crippen LogP contribution in [0, 0.1) is 17.0 Å². The van der Waals surface area contributed by atoms with Gasteiger partial charge in [-0.2, -0.15) is 0 Å². The Morgan fingerprint density at radius 2 is 1.87 bits per heavy atom. The lowest BCUT2D eigenvalue weighted by Gasteiger charge is -2.24. The Balaban J connectivity index is 1.76. The number of amides is 2. The summed E-state index contributed by atoms with van der Waals surface area (Å²) < 4.78 is 10.4. The fourth-order valence-corrected chi connectivity index (χ4v) is 3.58. The van der Waals surface area contributed by atoms with Gasteiger partial charge < -0.3 is 19.7 Å². The predicted octanol–water partition coefficient (Wildman–Crippen LogP) is 3.16. The van der Waals surface area contributed by atoms with Crippen LogP contribution in [-0.4, -0.2) is 48.4 Å². The summed E-state index contributed by atoms with van der Waals surface area (Å²) in [4.78, 5) is 37.9. The standard InChI is InChI=1S/C21H23N3O6/c1-13-11-14(6-8-16(13)24(27)28)21(26)23-10-4-5-17(23)20(25)22-15-7-9-18(29-2)19(12-15)30-3/h6-9,11-12,17H,4-5,10H2,1-3H3,(H,22,25). The molecular formula is C21H23N3O6. The summed E-state index contributed by atoms with van der Waals surface area (Å²) >= 11 is 0. The summed E-state index contributed by atoms with van der Waals surface area (Å²) in [7, 11) is 3.03. The number of hydrogen-bond acceptors (Lipinski definition) is 6. The minimum atomic E-state index is -0.624. The molecule has 0 saturated carbocycles. The first kappa shape index (κ1) is 21.1. The van der Waals surface area contributed by atoms with E-state index in [0.717, 1.165) is 0 Å². The van der Waals surface area contributed by atoms with Gasteiger partial charge in [0.2, 0.25) is 5.91 Å². The van der Waals surface area contributed by atoms with E-state index in [1.165, 1.54) is 37.3 Å². The zero-order chi connectivity index (χ0) is 21.8. The number of anilines is 1. The average molecular weight is 413 g/mol. The van der Waals surface area contributed by atoms with Crippen LogP contribution >= 0.6 is 0 Å². The van der Waals surface area contributed by atoms with Crippen LogP contribution in [0.2, 0.25) is 0 Å². The number of aryl methyl sites for hydroxylation is 1. The number of carbonyl (C=O) groups excluding carboxylic acids is 2. The Bertz CT molecular complexity index is 991. The molecule has 0 spiro atoms. The third-order valence-corrected chi connectivity index (χ3v) is 5.11. The van der Waals surface area contributed by atoms with Crippen molar-refractivity contribution in [2.24, 2.45) is 0 Å². The van der Waals surface area contributed by atoms with Crippen LogP contribution in [-0.2, 0) is 4.79 Å². The average Bonchev–Trinajstić information content (AvgIpc) is 3.22. The van der Waals surface area contributed by atoms with Crippen LogP contribution in [0.5, 0.6) is 11.5 Å². The molecular weight excluding hydrogens is 390 g/mol. The Kier molecular flexibility index (Phi) is 6.20. The molecule has 9 heteroatoms. The van der Waals surface area contributed by atoms with Crippen molar-refractivity contribution in [1.29, 1.82) is 0 Å². The number of methoxy groups -OCH3 is 2. The topological polar surface area (TPSA) is 111 Å². The monoisotopic (exact) mass is 413 g/mol. The van der Waals surface area contributed by atoms with Crippen molar-refractivity contribution >= 4 is 23.2 Å². The minimum Gasteiger partial charge on any atom is -0.493 e. The van der Waals surface area contributed by atoms with Crippen LogP contribution in [0.1, 0.15) is 28.8 Å². The molecule has 1 aliphatic heterocycles. The molecule has 2 aromatic carbocycles. The molecule has 2 aromatic rings. The molecule has 0 aliphatic carbocycles. The molecule has 0 aromatic heterocycles. The van der Waals surface area contributed by atoms with Crippen LogP contribution in [0.3, 0.4) is 0 Å². The fourth-order valence-electron chi connectivity index (χ4n) is 3.58. The quantitative estimate of drug-likeness (QED) is 0.575. The Hall–Kier alpha value is -3.62. The van der Waals surface area contributed by atoms with Crippen LogP contribution in [0.15, 0.2) is 36.4 Å². The van der Waals surface area contributed by atoms with Crippen molar-refractivity contribution in [2.45, 2.75) is 25.8 Å². The van der Waals surface area contributed by atoms with Gasteiger partial charge in [-0.05, 0) is 44.0 Å². The number of hydrogen-bond donors (Lipinski definition) is 1. The van der Waals surface area contributed by atoms with Gasteiger partial charge in [-0.15, -0.1) is 0 Å². The third kappa shape index (κ3) is 4.19. The van der Waals surface area contributed by atoms with Gasteiger partial charge in [0.25, 0.3) is 11.6 Å². The number of carbonyl (C=O) groups is 2. The summed E-state index contributed by atoms with van der Waals surface area (Å²) in [6, 6.07) is 8.64. The second-order valence-electron chi connectivity index (χ2n) is 6.97. The highest BCUT2D eigenvalue weighted by Gasteiger charge is 2.35. The number of likely N-dealkylation sites (tertiary alicyclic amines) is 1. The molecule has 2 amide bonds. The van der Waals surface area contributed by atoms with Gasteiger partial charge in [-0.1, -0.05) is 0 Å². The number of nitro groups is 1. The van der Waals surface area contributed by atoms with Gasteiger partial charge in [0, 0.05) is 35.5 Å². The van der Waals surface area contributed by atoms with Crippen molar-refractivity contribution in [1.82, 2.24) is 4.90 Å². The first-order valence-corrected chi connectivity index (χ1v) is 9.44. The van der Waals surface area contributed by atoms with Crippen molar-refractivity contribution in [3.05, 3.63) is 57.6 Å². The second-order valence-corrected chi connectivity index (χ2v) is 6.97. The largest absolute Gasteiger partial charge is 0.493 e. The van der Waals surface area contributed by atoms with E-state index < -0.39 is 11.0 Å². The summed E-state index contributed by atoms with van der Waals surface area (Å²) in [5.41, 5.74) is 1.21. The molecule has 1 heterocycles. The molecule has 3 rings (SSSR count). The van der Waals surface area contributed by atoms with Crippen LogP contribution < -0.4 is 14.8 Å². The maximum Gasteiger partial charge on any atom is 0.272 e. The zero-order valence-corrected chi connectivity index (χ0v) is 17.0.